The van der Waals surface area contributed by atoms with Crippen molar-refractivity contribution in [1.82, 2.24) is 4.98 Å². The maximum atomic E-state index is 12.5. The lowest BCUT2D eigenvalue weighted by atomic mass is 10.2. The van der Waals surface area contributed by atoms with Crippen LogP contribution in [0.4, 0.5) is 11.4 Å². The number of ether oxygens (including phenoxy) is 2. The fraction of sp³-hybridized carbons (Fsp3) is 0.263. The highest BCUT2D eigenvalue weighted by molar-refractivity contribution is 5.96. The molecule has 0 saturated carbocycles. The number of fused-ring (bicyclic) bond motifs is 1. The summed E-state index contributed by atoms with van der Waals surface area (Å²) in [6, 6.07) is 10.3. The third-order valence-corrected chi connectivity index (χ3v) is 3.92. The average Bonchev–Trinajstić information content (AvgIpc) is 3.00. The molecule has 0 aliphatic heterocycles. The summed E-state index contributed by atoms with van der Waals surface area (Å²) in [6.45, 7) is 3.58. The molecule has 1 atom stereocenters. The van der Waals surface area contributed by atoms with E-state index in [1.54, 1.807) is 46.3 Å². The molecule has 1 amide bonds. The van der Waals surface area contributed by atoms with E-state index in [2.05, 4.69) is 15.6 Å². The average molecular weight is 355 g/mol. The Hall–Kier alpha value is -3.22. The van der Waals surface area contributed by atoms with Gasteiger partial charge in [0.25, 0.3) is 0 Å². The Morgan fingerprint density at radius 3 is 2.54 bits per heavy atom. The van der Waals surface area contributed by atoms with Crippen molar-refractivity contribution in [3.63, 3.8) is 0 Å². The van der Waals surface area contributed by atoms with Crippen LogP contribution in [-0.2, 0) is 4.79 Å². The number of carbonyl (C=O) groups is 1. The highest BCUT2D eigenvalue weighted by Crippen LogP contribution is 2.29. The Morgan fingerprint density at radius 1 is 1.08 bits per heavy atom. The van der Waals surface area contributed by atoms with Gasteiger partial charge < -0.3 is 24.5 Å². The minimum atomic E-state index is -0.450. The number of methoxy groups -OCH3 is 2. The van der Waals surface area contributed by atoms with Crippen LogP contribution in [-0.4, -0.2) is 31.2 Å². The number of hydrogen-bond acceptors (Lipinski definition) is 6. The first kappa shape index (κ1) is 17.6. The normalized spacial score (nSPS) is 11.8. The summed E-state index contributed by atoms with van der Waals surface area (Å²) in [7, 11) is 3.12. The third-order valence-electron chi connectivity index (χ3n) is 3.92. The number of amides is 1. The van der Waals surface area contributed by atoms with E-state index in [0.717, 1.165) is 16.8 Å². The molecule has 7 nitrogen and oxygen atoms in total. The van der Waals surface area contributed by atoms with E-state index in [1.165, 1.54) is 0 Å². The quantitative estimate of drug-likeness (QED) is 0.703. The zero-order chi connectivity index (χ0) is 18.7. The minimum absolute atomic E-state index is 0.173. The van der Waals surface area contributed by atoms with Gasteiger partial charge in [-0.05, 0) is 37.3 Å². The number of nitrogens with one attached hydrogen (secondary N) is 2. The second-order valence-electron chi connectivity index (χ2n) is 5.84. The van der Waals surface area contributed by atoms with Gasteiger partial charge in [-0.2, -0.15) is 0 Å². The number of aryl methyl sites for hydroxylation is 1. The summed E-state index contributed by atoms with van der Waals surface area (Å²) >= 11 is 0. The minimum Gasteiger partial charge on any atom is -0.493 e. The van der Waals surface area contributed by atoms with Gasteiger partial charge in [0.2, 0.25) is 5.91 Å². The van der Waals surface area contributed by atoms with Crippen LogP contribution in [0, 0.1) is 6.92 Å². The lowest BCUT2D eigenvalue weighted by Crippen LogP contribution is -2.31. The lowest BCUT2D eigenvalue weighted by molar-refractivity contribution is -0.116. The smallest absolute Gasteiger partial charge is 0.246 e. The predicted octanol–water partition coefficient (Wildman–Crippen LogP) is 3.59. The first-order valence-corrected chi connectivity index (χ1v) is 8.17. The van der Waals surface area contributed by atoms with Gasteiger partial charge in [-0.25, -0.2) is 4.98 Å². The summed E-state index contributed by atoms with van der Waals surface area (Å²) in [4.78, 5) is 16.8. The number of hydrogen-bond donors (Lipinski definition) is 2. The molecular formula is C19H21N3O4. The predicted molar refractivity (Wildman–Crippen MR) is 100 cm³/mol. The Bertz CT molecular complexity index is 936. The summed E-state index contributed by atoms with van der Waals surface area (Å²) in [5.74, 6) is 1.59. The van der Waals surface area contributed by atoms with Crippen LogP contribution in [0.15, 0.2) is 40.8 Å². The lowest BCUT2D eigenvalue weighted by Gasteiger charge is -2.16. The van der Waals surface area contributed by atoms with Crippen LogP contribution in [0.5, 0.6) is 11.5 Å². The van der Waals surface area contributed by atoms with E-state index in [0.29, 0.717) is 23.1 Å². The molecule has 0 saturated heterocycles. The summed E-state index contributed by atoms with van der Waals surface area (Å²) < 4.78 is 15.9. The maximum Gasteiger partial charge on any atom is 0.246 e. The molecule has 0 fully saturated rings. The molecule has 0 aliphatic rings. The first-order valence-electron chi connectivity index (χ1n) is 8.17. The largest absolute Gasteiger partial charge is 0.493 e. The van der Waals surface area contributed by atoms with E-state index in [9.17, 15) is 4.79 Å². The SMILES string of the molecule is COc1ccc(NC(=O)[C@@H](C)Nc2ccc3oc(C)nc3c2)cc1OC. The van der Waals surface area contributed by atoms with Crippen molar-refractivity contribution in [3.8, 4) is 11.5 Å². The molecule has 0 spiro atoms. The zero-order valence-corrected chi connectivity index (χ0v) is 15.1. The highest BCUT2D eigenvalue weighted by Gasteiger charge is 2.15. The van der Waals surface area contributed by atoms with E-state index in [-0.39, 0.29) is 5.91 Å². The summed E-state index contributed by atoms with van der Waals surface area (Å²) in [5.41, 5.74) is 2.89. The van der Waals surface area contributed by atoms with Gasteiger partial charge in [-0.15, -0.1) is 0 Å². The van der Waals surface area contributed by atoms with Crippen molar-refractivity contribution in [1.29, 1.82) is 0 Å². The van der Waals surface area contributed by atoms with Gasteiger partial charge >= 0.3 is 0 Å². The number of carbonyl (C=O) groups excluding carboxylic acids is 1. The molecule has 0 radical (unpaired) electrons. The van der Waals surface area contributed by atoms with E-state index < -0.39 is 6.04 Å². The molecule has 0 bridgehead atoms. The monoisotopic (exact) mass is 355 g/mol. The Morgan fingerprint density at radius 2 is 1.81 bits per heavy atom. The summed E-state index contributed by atoms with van der Waals surface area (Å²) in [5, 5.41) is 6.02. The van der Waals surface area contributed by atoms with Gasteiger partial charge in [-0.1, -0.05) is 0 Å². The molecule has 7 heteroatoms. The fourth-order valence-electron chi connectivity index (χ4n) is 2.61. The molecule has 1 heterocycles. The number of anilines is 2. The van der Waals surface area contributed by atoms with Gasteiger partial charge in [-0.3, -0.25) is 4.79 Å². The summed E-state index contributed by atoms with van der Waals surface area (Å²) in [6.07, 6.45) is 0. The molecule has 26 heavy (non-hydrogen) atoms. The van der Waals surface area contributed by atoms with Gasteiger partial charge in [0, 0.05) is 24.4 Å². The maximum absolute atomic E-state index is 12.5. The van der Waals surface area contributed by atoms with Gasteiger partial charge in [0.15, 0.2) is 23.0 Å². The van der Waals surface area contributed by atoms with Gasteiger partial charge in [0.05, 0.1) is 14.2 Å². The molecule has 2 N–H and O–H groups in total. The standard InChI is InChI=1S/C19H21N3O4/c1-11(20-13-5-7-16-15(9-13)21-12(2)26-16)19(23)22-14-6-8-17(24-3)18(10-14)25-4/h5-11,20H,1-4H3,(H,22,23)/t11-/m1/s1. The van der Waals surface area contributed by atoms with Crippen molar-refractivity contribution in [2.75, 3.05) is 24.9 Å². The number of rotatable bonds is 6. The number of benzene rings is 2. The molecule has 3 aromatic rings. The van der Waals surface area contributed by atoms with Crippen LogP contribution < -0.4 is 20.1 Å². The van der Waals surface area contributed by atoms with Crippen LogP contribution in [0.25, 0.3) is 11.1 Å². The molecular weight excluding hydrogens is 334 g/mol. The second kappa shape index (κ2) is 7.35. The fourth-order valence-corrected chi connectivity index (χ4v) is 2.61. The van der Waals surface area contributed by atoms with Crippen LogP contribution in [0.3, 0.4) is 0 Å². The second-order valence-corrected chi connectivity index (χ2v) is 5.84. The molecule has 0 aliphatic carbocycles. The molecule has 136 valence electrons. The molecule has 1 aromatic heterocycles. The highest BCUT2D eigenvalue weighted by atomic mass is 16.5. The van der Waals surface area contributed by atoms with Crippen LogP contribution in [0.2, 0.25) is 0 Å². The van der Waals surface area contributed by atoms with Crippen molar-refractivity contribution < 1.29 is 18.7 Å². The van der Waals surface area contributed by atoms with Crippen LogP contribution >= 0.6 is 0 Å². The third kappa shape index (κ3) is 3.72. The van der Waals surface area contributed by atoms with Crippen LogP contribution in [0.1, 0.15) is 12.8 Å². The van der Waals surface area contributed by atoms with Crippen molar-refractivity contribution in [2.24, 2.45) is 0 Å². The van der Waals surface area contributed by atoms with E-state index in [1.807, 2.05) is 18.2 Å². The molecule has 2 aromatic carbocycles. The number of aromatic nitrogens is 1. The topological polar surface area (TPSA) is 85.6 Å². The van der Waals surface area contributed by atoms with Crippen molar-refractivity contribution in [3.05, 3.63) is 42.3 Å². The first-order chi connectivity index (χ1) is 12.5. The van der Waals surface area contributed by atoms with E-state index in [4.69, 9.17) is 13.9 Å². The van der Waals surface area contributed by atoms with Gasteiger partial charge in [0.1, 0.15) is 11.6 Å². The Kier molecular flexibility index (Phi) is 4.97. The van der Waals surface area contributed by atoms with E-state index >= 15 is 0 Å². The van der Waals surface area contributed by atoms with Crippen molar-refractivity contribution >= 4 is 28.4 Å². The molecule has 0 unspecified atom stereocenters. The number of oxazole rings is 1. The Labute approximate surface area is 151 Å². The van der Waals surface area contributed by atoms with Crippen molar-refractivity contribution in [2.45, 2.75) is 19.9 Å². The number of nitrogens with zero attached hydrogens (tertiary/aromatic N) is 1. The Balaban J connectivity index is 1.68. The zero-order valence-electron chi connectivity index (χ0n) is 15.1. The molecule has 3 rings (SSSR count).